The molecular weight excluding hydrogens is 416 g/mol. The molecule has 0 saturated heterocycles. The second-order valence-electron chi connectivity index (χ2n) is 7.69. The van der Waals surface area contributed by atoms with Crippen LogP contribution in [0.3, 0.4) is 0 Å². The predicted molar refractivity (Wildman–Crippen MR) is 131 cm³/mol. The van der Waals surface area contributed by atoms with Gasteiger partial charge in [-0.1, -0.05) is 42.0 Å². The summed E-state index contributed by atoms with van der Waals surface area (Å²) in [6, 6.07) is 22.7. The molecule has 0 radical (unpaired) electrons. The van der Waals surface area contributed by atoms with Crippen LogP contribution < -0.4 is 21.1 Å². The summed E-state index contributed by atoms with van der Waals surface area (Å²) in [4.78, 5) is 29.7. The van der Waals surface area contributed by atoms with Gasteiger partial charge in [0.2, 0.25) is 5.91 Å². The summed E-state index contributed by atoms with van der Waals surface area (Å²) in [6.45, 7) is 4.92. The Labute approximate surface area is 192 Å². The summed E-state index contributed by atoms with van der Waals surface area (Å²) in [5.41, 5.74) is 3.07. The lowest BCUT2D eigenvalue weighted by Gasteiger charge is -2.14. The number of amides is 1. The molecule has 3 aromatic carbocycles. The van der Waals surface area contributed by atoms with Gasteiger partial charge >= 0.3 is 5.69 Å². The molecule has 0 spiro atoms. The first-order valence-corrected chi connectivity index (χ1v) is 10.8. The number of nitrogens with one attached hydrogen (secondary N) is 2. The average molecular weight is 443 g/mol. The smallest absolute Gasteiger partial charge is 0.350 e. The first kappa shape index (κ1) is 22.1. The fourth-order valence-electron chi connectivity index (χ4n) is 3.55. The van der Waals surface area contributed by atoms with Crippen molar-refractivity contribution in [1.82, 2.24) is 9.55 Å². The molecule has 168 valence electrons. The Hall–Kier alpha value is -4.13. The predicted octanol–water partition coefficient (Wildman–Crippen LogP) is 4.35. The zero-order valence-electron chi connectivity index (χ0n) is 18.7. The van der Waals surface area contributed by atoms with E-state index in [4.69, 9.17) is 4.74 Å². The molecule has 2 N–H and O–H groups in total. The molecule has 0 atom stereocenters. The number of para-hydroxylation sites is 1. The zero-order valence-corrected chi connectivity index (χ0v) is 18.7. The molecule has 0 fully saturated rings. The number of carbonyl (C=O) groups is 1. The van der Waals surface area contributed by atoms with Crippen molar-refractivity contribution in [3.8, 4) is 5.75 Å². The molecule has 0 unspecified atom stereocenters. The standard InChI is InChI=1S/C26H26N4O3/c1-3-33-21-14-12-20(13-15-21)28-24(31)17-30-23-7-5-4-6-22(23)25(29-26(30)32)27-16-19-10-8-18(2)9-11-19/h4-15H,3,16-17H2,1-2H3,(H,28,31)(H,27,29,32). The van der Waals surface area contributed by atoms with Gasteiger partial charge in [0.25, 0.3) is 0 Å². The van der Waals surface area contributed by atoms with Gasteiger partial charge in [0.15, 0.2) is 0 Å². The van der Waals surface area contributed by atoms with Crippen molar-refractivity contribution in [2.75, 3.05) is 17.2 Å². The minimum Gasteiger partial charge on any atom is -0.494 e. The number of aryl methyl sites for hydroxylation is 1. The first-order valence-electron chi connectivity index (χ1n) is 10.8. The average Bonchev–Trinajstić information content (AvgIpc) is 2.82. The zero-order chi connectivity index (χ0) is 23.2. The quantitative estimate of drug-likeness (QED) is 0.424. The molecule has 4 rings (SSSR count). The monoisotopic (exact) mass is 442 g/mol. The van der Waals surface area contributed by atoms with E-state index in [-0.39, 0.29) is 12.5 Å². The van der Waals surface area contributed by atoms with Crippen LogP contribution in [0.15, 0.2) is 77.6 Å². The summed E-state index contributed by atoms with van der Waals surface area (Å²) in [6.07, 6.45) is 0. The molecule has 33 heavy (non-hydrogen) atoms. The van der Waals surface area contributed by atoms with Gasteiger partial charge in [-0.25, -0.2) is 4.79 Å². The highest BCUT2D eigenvalue weighted by atomic mass is 16.5. The van der Waals surface area contributed by atoms with Crippen molar-refractivity contribution in [2.24, 2.45) is 0 Å². The third-order valence-corrected chi connectivity index (χ3v) is 5.22. The van der Waals surface area contributed by atoms with E-state index in [0.29, 0.717) is 30.2 Å². The number of ether oxygens (including phenoxy) is 1. The van der Waals surface area contributed by atoms with E-state index in [1.807, 2.05) is 62.4 Å². The van der Waals surface area contributed by atoms with E-state index in [2.05, 4.69) is 15.6 Å². The molecule has 0 aliphatic heterocycles. The lowest BCUT2D eigenvalue weighted by molar-refractivity contribution is -0.116. The summed E-state index contributed by atoms with van der Waals surface area (Å²) >= 11 is 0. The number of anilines is 2. The van der Waals surface area contributed by atoms with E-state index in [9.17, 15) is 9.59 Å². The van der Waals surface area contributed by atoms with E-state index >= 15 is 0 Å². The van der Waals surface area contributed by atoms with Crippen molar-refractivity contribution in [2.45, 2.75) is 26.9 Å². The van der Waals surface area contributed by atoms with Gasteiger partial charge in [0, 0.05) is 17.6 Å². The van der Waals surface area contributed by atoms with Crippen LogP contribution in [0.25, 0.3) is 10.9 Å². The lowest BCUT2D eigenvalue weighted by Crippen LogP contribution is -2.30. The Morgan fingerprint density at radius 1 is 1.00 bits per heavy atom. The Morgan fingerprint density at radius 3 is 2.45 bits per heavy atom. The Balaban J connectivity index is 1.53. The number of aromatic nitrogens is 2. The molecule has 0 bridgehead atoms. The van der Waals surface area contributed by atoms with Gasteiger partial charge in [-0.3, -0.25) is 9.36 Å². The number of hydrogen-bond acceptors (Lipinski definition) is 5. The number of carbonyl (C=O) groups excluding carboxylic acids is 1. The van der Waals surface area contributed by atoms with Crippen molar-refractivity contribution >= 4 is 28.3 Å². The SMILES string of the molecule is CCOc1ccc(NC(=O)Cn2c(=O)nc(NCc3ccc(C)cc3)c3ccccc32)cc1. The number of fused-ring (bicyclic) bond motifs is 1. The second-order valence-corrected chi connectivity index (χ2v) is 7.69. The van der Waals surface area contributed by atoms with E-state index in [1.165, 1.54) is 10.1 Å². The van der Waals surface area contributed by atoms with Crippen molar-refractivity contribution in [1.29, 1.82) is 0 Å². The number of benzene rings is 3. The summed E-state index contributed by atoms with van der Waals surface area (Å²) < 4.78 is 6.80. The Morgan fingerprint density at radius 2 is 1.73 bits per heavy atom. The van der Waals surface area contributed by atoms with Crippen LogP contribution in [0.4, 0.5) is 11.5 Å². The largest absolute Gasteiger partial charge is 0.494 e. The van der Waals surface area contributed by atoms with Crippen LogP contribution in [0, 0.1) is 6.92 Å². The summed E-state index contributed by atoms with van der Waals surface area (Å²) in [5.74, 6) is 0.920. The molecule has 1 amide bonds. The third kappa shape index (κ3) is 5.38. The third-order valence-electron chi connectivity index (χ3n) is 5.22. The number of nitrogens with zero attached hydrogens (tertiary/aromatic N) is 2. The highest BCUT2D eigenvalue weighted by molar-refractivity contribution is 5.93. The van der Waals surface area contributed by atoms with Crippen LogP contribution in [0.1, 0.15) is 18.1 Å². The number of rotatable bonds is 8. The fraction of sp³-hybridized carbons (Fsp3) is 0.192. The fourth-order valence-corrected chi connectivity index (χ4v) is 3.55. The van der Waals surface area contributed by atoms with Crippen LogP contribution >= 0.6 is 0 Å². The highest BCUT2D eigenvalue weighted by Crippen LogP contribution is 2.21. The van der Waals surface area contributed by atoms with Crippen LogP contribution in [-0.2, 0) is 17.9 Å². The molecule has 4 aromatic rings. The van der Waals surface area contributed by atoms with Gasteiger partial charge in [0.05, 0.1) is 12.1 Å². The van der Waals surface area contributed by atoms with Crippen LogP contribution in [0.2, 0.25) is 0 Å². The Kier molecular flexibility index (Phi) is 6.69. The van der Waals surface area contributed by atoms with Gasteiger partial charge in [0.1, 0.15) is 18.1 Å². The van der Waals surface area contributed by atoms with Gasteiger partial charge in [-0.05, 0) is 55.8 Å². The topological polar surface area (TPSA) is 85.2 Å². The maximum atomic E-state index is 12.8. The molecule has 1 aromatic heterocycles. The van der Waals surface area contributed by atoms with Crippen molar-refractivity contribution in [3.05, 3.63) is 94.4 Å². The molecule has 1 heterocycles. The van der Waals surface area contributed by atoms with E-state index in [0.717, 1.165) is 16.7 Å². The van der Waals surface area contributed by atoms with E-state index in [1.54, 1.807) is 24.3 Å². The molecule has 0 aliphatic rings. The minimum absolute atomic E-state index is 0.141. The highest BCUT2D eigenvalue weighted by Gasteiger charge is 2.13. The van der Waals surface area contributed by atoms with Gasteiger partial charge in [-0.15, -0.1) is 0 Å². The summed E-state index contributed by atoms with van der Waals surface area (Å²) in [5, 5.41) is 6.86. The van der Waals surface area contributed by atoms with Gasteiger partial charge < -0.3 is 15.4 Å². The lowest BCUT2D eigenvalue weighted by atomic mass is 10.1. The first-order chi connectivity index (χ1) is 16.0. The molecule has 7 heteroatoms. The van der Waals surface area contributed by atoms with E-state index < -0.39 is 5.69 Å². The second kappa shape index (κ2) is 9.99. The Bertz CT molecular complexity index is 1310. The maximum Gasteiger partial charge on any atom is 0.350 e. The molecular formula is C26H26N4O3. The van der Waals surface area contributed by atoms with Gasteiger partial charge in [-0.2, -0.15) is 4.98 Å². The molecule has 0 aliphatic carbocycles. The van der Waals surface area contributed by atoms with Crippen molar-refractivity contribution < 1.29 is 9.53 Å². The maximum absolute atomic E-state index is 12.8. The van der Waals surface area contributed by atoms with Crippen LogP contribution in [-0.4, -0.2) is 22.1 Å². The number of hydrogen-bond donors (Lipinski definition) is 2. The summed E-state index contributed by atoms with van der Waals surface area (Å²) in [7, 11) is 0. The molecule has 0 saturated carbocycles. The van der Waals surface area contributed by atoms with Crippen molar-refractivity contribution in [3.63, 3.8) is 0 Å². The minimum atomic E-state index is -0.484. The normalized spacial score (nSPS) is 10.7. The molecule has 7 nitrogen and oxygen atoms in total. The van der Waals surface area contributed by atoms with Crippen LogP contribution in [0.5, 0.6) is 5.75 Å².